The van der Waals surface area contributed by atoms with Gasteiger partial charge in [0, 0.05) is 11.2 Å². The van der Waals surface area contributed by atoms with Gasteiger partial charge in [-0.3, -0.25) is 4.79 Å². The van der Waals surface area contributed by atoms with Crippen molar-refractivity contribution in [3.05, 3.63) is 60.7 Å². The molecule has 0 N–H and O–H groups in total. The molecule has 1 atom stereocenters. The molecule has 130 valence electrons. The largest absolute Gasteiger partial charge is 0.335 e. The first kappa shape index (κ1) is 17.5. The van der Waals surface area contributed by atoms with Crippen molar-refractivity contribution in [1.82, 2.24) is 4.90 Å². The van der Waals surface area contributed by atoms with Crippen LogP contribution in [0.5, 0.6) is 0 Å². The maximum atomic E-state index is 12.1. The summed E-state index contributed by atoms with van der Waals surface area (Å²) in [6.45, 7) is 6.33. The molecular weight excluding hydrogens is 330 g/mol. The van der Waals surface area contributed by atoms with Gasteiger partial charge in [0.15, 0.2) is 17.6 Å². The van der Waals surface area contributed by atoms with E-state index in [4.69, 9.17) is 4.99 Å². The minimum Gasteiger partial charge on any atom is -0.335 e. The number of nitrogens with zero attached hydrogens (tertiary/aromatic N) is 3. The number of aldehydes is 1. The molecule has 1 unspecified atom stereocenters. The van der Waals surface area contributed by atoms with Crippen LogP contribution in [0, 0.1) is 0 Å². The summed E-state index contributed by atoms with van der Waals surface area (Å²) in [5.41, 5.74) is 1.71. The number of amidine groups is 1. The van der Waals surface area contributed by atoms with Crippen molar-refractivity contribution in [3.8, 4) is 0 Å². The van der Waals surface area contributed by atoms with Crippen molar-refractivity contribution < 1.29 is 4.79 Å². The number of para-hydroxylation sites is 2. The molecule has 0 radical (unpaired) electrons. The minimum absolute atomic E-state index is 0.236. The van der Waals surface area contributed by atoms with Gasteiger partial charge < -0.3 is 9.80 Å². The Labute approximate surface area is 153 Å². The van der Waals surface area contributed by atoms with E-state index in [-0.39, 0.29) is 11.7 Å². The fourth-order valence-corrected chi connectivity index (χ4v) is 4.14. The van der Waals surface area contributed by atoms with Crippen LogP contribution in [0.4, 0.5) is 11.4 Å². The number of benzene rings is 2. The topological polar surface area (TPSA) is 35.9 Å². The summed E-state index contributed by atoms with van der Waals surface area (Å²) in [7, 11) is 0. The predicted molar refractivity (Wildman–Crippen MR) is 106 cm³/mol. The number of carbonyl (C=O) groups excluding carboxylic acids is 1. The summed E-state index contributed by atoms with van der Waals surface area (Å²) >= 11 is 1.66. The van der Waals surface area contributed by atoms with E-state index in [2.05, 4.69) is 30.6 Å². The zero-order valence-corrected chi connectivity index (χ0v) is 15.6. The molecule has 2 aromatic carbocycles. The van der Waals surface area contributed by atoms with Crippen LogP contribution in [0.25, 0.3) is 0 Å². The summed E-state index contributed by atoms with van der Waals surface area (Å²) in [4.78, 5) is 21.1. The van der Waals surface area contributed by atoms with E-state index in [0.717, 1.165) is 22.8 Å². The van der Waals surface area contributed by atoms with Gasteiger partial charge in [0.1, 0.15) is 0 Å². The average Bonchev–Trinajstić information content (AvgIpc) is 2.62. The maximum absolute atomic E-state index is 12.1. The second-order valence-corrected chi connectivity index (χ2v) is 7.81. The number of rotatable bonds is 3. The molecule has 0 saturated carbocycles. The molecule has 0 bridgehead atoms. The summed E-state index contributed by atoms with van der Waals surface area (Å²) in [6, 6.07) is 19.9. The Morgan fingerprint density at radius 2 is 1.64 bits per heavy atom. The molecule has 0 spiro atoms. The highest BCUT2D eigenvalue weighted by Crippen LogP contribution is 2.34. The van der Waals surface area contributed by atoms with E-state index in [1.807, 2.05) is 60.7 Å². The molecule has 4 nitrogen and oxygen atoms in total. The van der Waals surface area contributed by atoms with Crippen molar-refractivity contribution >= 4 is 34.6 Å². The SMILES string of the molecule is CC(C)(C)N1C(=Nc2ccccc2)SCN(c2ccccc2)C1C=O. The number of carbonyl (C=O) groups is 1. The van der Waals surface area contributed by atoms with Crippen molar-refractivity contribution in [2.45, 2.75) is 32.5 Å². The molecule has 25 heavy (non-hydrogen) atoms. The Morgan fingerprint density at radius 1 is 1.04 bits per heavy atom. The Morgan fingerprint density at radius 3 is 2.20 bits per heavy atom. The lowest BCUT2D eigenvalue weighted by Gasteiger charge is -2.49. The lowest BCUT2D eigenvalue weighted by Crippen LogP contribution is -2.61. The first-order valence-corrected chi connectivity index (χ1v) is 9.32. The van der Waals surface area contributed by atoms with Gasteiger partial charge >= 0.3 is 0 Å². The summed E-state index contributed by atoms with van der Waals surface area (Å²) < 4.78 is 0. The molecule has 5 heteroatoms. The van der Waals surface area contributed by atoms with Gasteiger partial charge in [0.05, 0.1) is 11.6 Å². The van der Waals surface area contributed by atoms with Crippen molar-refractivity contribution in [2.75, 3.05) is 10.8 Å². The molecule has 0 aliphatic carbocycles. The molecule has 1 saturated heterocycles. The molecule has 1 aliphatic rings. The van der Waals surface area contributed by atoms with Gasteiger partial charge in [-0.15, -0.1) is 0 Å². The minimum atomic E-state index is -0.383. The average molecular weight is 353 g/mol. The van der Waals surface area contributed by atoms with E-state index < -0.39 is 0 Å². The van der Waals surface area contributed by atoms with Crippen LogP contribution in [-0.4, -0.2) is 33.9 Å². The van der Waals surface area contributed by atoms with Crippen molar-refractivity contribution in [1.29, 1.82) is 0 Å². The summed E-state index contributed by atoms with van der Waals surface area (Å²) in [6.07, 6.45) is 0.629. The van der Waals surface area contributed by atoms with Crippen LogP contribution in [-0.2, 0) is 4.79 Å². The summed E-state index contributed by atoms with van der Waals surface area (Å²) in [5, 5.41) is 0.878. The van der Waals surface area contributed by atoms with Gasteiger partial charge in [-0.25, -0.2) is 4.99 Å². The van der Waals surface area contributed by atoms with Gasteiger partial charge in [-0.05, 0) is 45.0 Å². The van der Waals surface area contributed by atoms with E-state index in [1.54, 1.807) is 11.8 Å². The first-order valence-electron chi connectivity index (χ1n) is 8.33. The van der Waals surface area contributed by atoms with E-state index in [0.29, 0.717) is 5.88 Å². The van der Waals surface area contributed by atoms with Crippen LogP contribution in [0.1, 0.15) is 20.8 Å². The monoisotopic (exact) mass is 353 g/mol. The second kappa shape index (κ2) is 7.31. The fourth-order valence-electron chi connectivity index (χ4n) is 2.89. The molecule has 2 aromatic rings. The Hall–Kier alpha value is -2.27. The number of thioether (sulfide) groups is 1. The first-order chi connectivity index (χ1) is 12.0. The Balaban J connectivity index is 2.01. The molecule has 3 rings (SSSR count). The normalized spacial score (nSPS) is 20.0. The van der Waals surface area contributed by atoms with Crippen LogP contribution in [0.2, 0.25) is 0 Å². The fraction of sp³-hybridized carbons (Fsp3) is 0.300. The van der Waals surface area contributed by atoms with Crippen LogP contribution in [0.15, 0.2) is 65.7 Å². The van der Waals surface area contributed by atoms with Crippen LogP contribution in [0.3, 0.4) is 0 Å². The molecule has 1 aliphatic heterocycles. The number of aliphatic imine (C=N–C) groups is 1. The highest BCUT2D eigenvalue weighted by Gasteiger charge is 2.39. The van der Waals surface area contributed by atoms with Gasteiger partial charge in [-0.2, -0.15) is 0 Å². The quantitative estimate of drug-likeness (QED) is 0.761. The van der Waals surface area contributed by atoms with Crippen LogP contribution < -0.4 is 4.90 Å². The molecule has 1 heterocycles. The van der Waals surface area contributed by atoms with Gasteiger partial charge in [0.2, 0.25) is 0 Å². The Kier molecular flexibility index (Phi) is 5.13. The molecule has 1 fully saturated rings. The van der Waals surface area contributed by atoms with Gasteiger partial charge in [0.25, 0.3) is 0 Å². The van der Waals surface area contributed by atoms with Crippen molar-refractivity contribution in [2.24, 2.45) is 4.99 Å². The highest BCUT2D eigenvalue weighted by molar-refractivity contribution is 8.13. The molecule has 0 aromatic heterocycles. The van der Waals surface area contributed by atoms with E-state index in [9.17, 15) is 4.79 Å². The maximum Gasteiger partial charge on any atom is 0.168 e. The number of hydrogen-bond acceptors (Lipinski definition) is 4. The third-order valence-corrected chi connectivity index (χ3v) is 4.99. The standard InChI is InChI=1S/C20H23N3OS/c1-20(2,3)23-18(14-24)22(17-12-8-5-9-13-17)15-25-19(23)21-16-10-6-4-7-11-16/h4-14,18H,15H2,1-3H3. The third-order valence-electron chi connectivity index (χ3n) is 4.04. The third kappa shape index (κ3) is 3.87. The zero-order chi connectivity index (χ0) is 17.9. The predicted octanol–water partition coefficient (Wildman–Crippen LogP) is 4.51. The zero-order valence-electron chi connectivity index (χ0n) is 14.8. The second-order valence-electron chi connectivity index (χ2n) is 6.90. The lowest BCUT2D eigenvalue weighted by molar-refractivity contribution is -0.112. The van der Waals surface area contributed by atoms with Crippen LogP contribution >= 0.6 is 11.8 Å². The molecular formula is C20H23N3OS. The van der Waals surface area contributed by atoms with E-state index in [1.165, 1.54) is 0 Å². The highest BCUT2D eigenvalue weighted by atomic mass is 32.2. The smallest absolute Gasteiger partial charge is 0.168 e. The Bertz CT molecular complexity index is 741. The number of anilines is 1. The summed E-state index contributed by atoms with van der Waals surface area (Å²) in [5.74, 6) is 0.686. The number of hydrogen-bond donors (Lipinski definition) is 0. The lowest BCUT2D eigenvalue weighted by atomic mass is 10.1. The van der Waals surface area contributed by atoms with E-state index >= 15 is 0 Å². The van der Waals surface area contributed by atoms with Crippen molar-refractivity contribution in [3.63, 3.8) is 0 Å². The van der Waals surface area contributed by atoms with Gasteiger partial charge in [-0.1, -0.05) is 48.2 Å². The molecule has 0 amide bonds.